The van der Waals surface area contributed by atoms with E-state index in [4.69, 9.17) is 4.98 Å². The molecule has 43 heavy (non-hydrogen) atoms. The van der Waals surface area contributed by atoms with Crippen molar-refractivity contribution < 1.29 is 27.9 Å². The molecule has 1 N–H and O–H groups in total. The number of piperidine rings is 1. The highest BCUT2D eigenvalue weighted by atomic mass is 32.1. The number of nitrogens with zero attached hydrogens (tertiary/aromatic N) is 5. The van der Waals surface area contributed by atoms with Crippen LogP contribution in [0.2, 0.25) is 0 Å². The number of halogens is 3. The molecule has 2 aliphatic rings. The number of thiazole rings is 1. The van der Waals surface area contributed by atoms with E-state index in [-0.39, 0.29) is 29.4 Å². The minimum absolute atomic E-state index is 0.0404. The molecule has 0 radical (unpaired) electrons. The number of rotatable bonds is 9. The second-order valence-corrected chi connectivity index (χ2v) is 13.0. The maximum atomic E-state index is 13.8. The van der Waals surface area contributed by atoms with Crippen molar-refractivity contribution in [2.24, 2.45) is 11.8 Å². The molecule has 8 nitrogen and oxygen atoms in total. The summed E-state index contributed by atoms with van der Waals surface area (Å²) in [5, 5.41) is 9.74. The third-order valence-electron chi connectivity index (χ3n) is 8.49. The van der Waals surface area contributed by atoms with Gasteiger partial charge in [-0.2, -0.15) is 13.2 Å². The SMILES string of the molecule is Cc1ccc(-c2nc(CC(=O)c3cnc(N4CCC(C(=O)O)CC4)cn3)sc2CN2CCCC2C(C)C)cc1C(F)(F)F. The molecule has 1 aromatic carbocycles. The van der Waals surface area contributed by atoms with E-state index in [1.165, 1.54) is 36.7 Å². The van der Waals surface area contributed by atoms with E-state index in [9.17, 15) is 27.9 Å². The number of ketones is 1. The summed E-state index contributed by atoms with van der Waals surface area (Å²) in [7, 11) is 0. The Bertz CT molecular complexity index is 1470. The largest absolute Gasteiger partial charge is 0.481 e. The quantitative estimate of drug-likeness (QED) is 0.281. The molecule has 1 unspecified atom stereocenters. The van der Waals surface area contributed by atoms with Gasteiger partial charge in [0.15, 0.2) is 5.78 Å². The van der Waals surface area contributed by atoms with Crippen LogP contribution in [0.15, 0.2) is 30.6 Å². The van der Waals surface area contributed by atoms with Gasteiger partial charge in [-0.25, -0.2) is 15.0 Å². The summed E-state index contributed by atoms with van der Waals surface area (Å²) in [6.45, 7) is 8.38. The van der Waals surface area contributed by atoms with Gasteiger partial charge in [0.25, 0.3) is 0 Å². The van der Waals surface area contributed by atoms with E-state index in [1.807, 2.05) is 4.90 Å². The summed E-state index contributed by atoms with van der Waals surface area (Å²) in [5.74, 6) is -0.398. The Morgan fingerprint density at radius 3 is 2.47 bits per heavy atom. The topological polar surface area (TPSA) is 99.5 Å². The van der Waals surface area contributed by atoms with Gasteiger partial charge >= 0.3 is 12.1 Å². The summed E-state index contributed by atoms with van der Waals surface area (Å²) < 4.78 is 41.3. The van der Waals surface area contributed by atoms with Crippen LogP contribution in [0.3, 0.4) is 0 Å². The second-order valence-electron chi connectivity index (χ2n) is 11.8. The normalized spacial score (nSPS) is 18.5. The van der Waals surface area contributed by atoms with Gasteiger partial charge in [0.05, 0.1) is 36.0 Å². The third kappa shape index (κ3) is 7.06. The molecule has 2 aromatic heterocycles. The lowest BCUT2D eigenvalue weighted by molar-refractivity contribution is -0.142. The Hall–Kier alpha value is -3.38. The van der Waals surface area contributed by atoms with Gasteiger partial charge in [-0.15, -0.1) is 11.3 Å². The van der Waals surface area contributed by atoms with Crippen LogP contribution in [0.1, 0.15) is 71.0 Å². The van der Waals surface area contributed by atoms with Crippen molar-refractivity contribution in [2.75, 3.05) is 24.5 Å². The fourth-order valence-electron chi connectivity index (χ4n) is 6.08. The fraction of sp³-hybridized carbons (Fsp3) is 0.516. The van der Waals surface area contributed by atoms with E-state index in [0.717, 1.165) is 30.3 Å². The molecule has 0 saturated carbocycles. The van der Waals surface area contributed by atoms with Gasteiger partial charge in [0, 0.05) is 36.1 Å². The average molecular weight is 616 g/mol. The number of alkyl halides is 3. The summed E-state index contributed by atoms with van der Waals surface area (Å²) in [5.41, 5.74) is 0.510. The van der Waals surface area contributed by atoms with Crippen LogP contribution in [0, 0.1) is 18.8 Å². The minimum Gasteiger partial charge on any atom is -0.481 e. The number of carboxylic acids is 1. The number of carbonyl (C=O) groups is 2. The molecule has 2 saturated heterocycles. The van der Waals surface area contributed by atoms with E-state index in [1.54, 1.807) is 6.07 Å². The molecule has 5 rings (SSSR count). The number of benzene rings is 1. The number of aliphatic carboxylic acids is 1. The maximum Gasteiger partial charge on any atom is 0.416 e. The first kappa shape index (κ1) is 31.1. The lowest BCUT2D eigenvalue weighted by atomic mass is 9.97. The lowest BCUT2D eigenvalue weighted by Gasteiger charge is -2.30. The molecule has 1 atom stereocenters. The predicted molar refractivity (Wildman–Crippen MR) is 158 cm³/mol. The molecule has 12 heteroatoms. The first-order valence-corrected chi connectivity index (χ1v) is 15.5. The molecule has 0 amide bonds. The molecule has 2 aliphatic heterocycles. The summed E-state index contributed by atoms with van der Waals surface area (Å²) in [6.07, 6.45) is 1.61. The predicted octanol–water partition coefficient (Wildman–Crippen LogP) is 6.27. The van der Waals surface area contributed by atoms with E-state index in [2.05, 4.69) is 28.7 Å². The number of hydrogen-bond acceptors (Lipinski definition) is 8. The lowest BCUT2D eigenvalue weighted by Crippen LogP contribution is -2.36. The summed E-state index contributed by atoms with van der Waals surface area (Å²) in [6, 6.07) is 4.68. The van der Waals surface area contributed by atoms with Gasteiger partial charge in [0.2, 0.25) is 0 Å². The van der Waals surface area contributed by atoms with Crippen molar-refractivity contribution in [1.29, 1.82) is 0 Å². The molecule has 0 bridgehead atoms. The second kappa shape index (κ2) is 12.7. The van der Waals surface area contributed by atoms with Gasteiger partial charge in [-0.1, -0.05) is 26.0 Å². The van der Waals surface area contributed by atoms with Crippen molar-refractivity contribution in [3.8, 4) is 11.3 Å². The Morgan fingerprint density at radius 1 is 1.09 bits per heavy atom. The average Bonchev–Trinajstić information content (AvgIpc) is 3.60. The zero-order chi connectivity index (χ0) is 30.9. The molecular weight excluding hydrogens is 579 g/mol. The van der Waals surface area contributed by atoms with E-state index >= 15 is 0 Å². The molecule has 230 valence electrons. The van der Waals surface area contributed by atoms with Crippen LogP contribution in [0.5, 0.6) is 0 Å². The van der Waals surface area contributed by atoms with Crippen molar-refractivity contribution in [3.05, 3.63) is 57.3 Å². The zero-order valence-electron chi connectivity index (χ0n) is 24.5. The minimum atomic E-state index is -4.48. The van der Waals surface area contributed by atoms with Crippen LogP contribution in [-0.4, -0.2) is 62.4 Å². The molecule has 3 aromatic rings. The smallest absolute Gasteiger partial charge is 0.416 e. The molecule has 0 spiro atoms. The highest BCUT2D eigenvalue weighted by Crippen LogP contribution is 2.38. The zero-order valence-corrected chi connectivity index (χ0v) is 25.3. The number of aryl methyl sites for hydroxylation is 1. The Morgan fingerprint density at radius 2 is 1.84 bits per heavy atom. The molecule has 0 aliphatic carbocycles. The molecular formula is C31H36F3N5O3S. The number of likely N-dealkylation sites (tertiary alicyclic amines) is 1. The van der Waals surface area contributed by atoms with Crippen molar-refractivity contribution in [2.45, 2.75) is 71.6 Å². The number of aromatic nitrogens is 3. The van der Waals surface area contributed by atoms with Gasteiger partial charge in [-0.3, -0.25) is 14.5 Å². The van der Waals surface area contributed by atoms with Crippen LogP contribution < -0.4 is 4.90 Å². The molecule has 2 fully saturated rings. The van der Waals surface area contributed by atoms with Crippen LogP contribution in [0.25, 0.3) is 11.3 Å². The van der Waals surface area contributed by atoms with Gasteiger partial charge in [-0.05, 0) is 56.7 Å². The maximum absolute atomic E-state index is 13.8. The van der Waals surface area contributed by atoms with Gasteiger partial charge < -0.3 is 10.0 Å². The van der Waals surface area contributed by atoms with Crippen LogP contribution in [0.4, 0.5) is 19.0 Å². The van der Waals surface area contributed by atoms with Crippen LogP contribution in [-0.2, 0) is 23.9 Å². The fourth-order valence-corrected chi connectivity index (χ4v) is 7.20. The van der Waals surface area contributed by atoms with Crippen molar-refractivity contribution in [1.82, 2.24) is 19.9 Å². The standard InChI is InChI=1S/C31H36F3N5O3S/c1-18(2)24-5-4-10-39(24)17-26-29(21-7-6-19(3)22(13-21)31(32,33)34)37-28(43-26)14-25(40)23-15-36-27(16-35-23)38-11-8-20(9-12-38)30(41)42/h6-7,13,15-16,18,20,24H,4-5,8-12,14,17H2,1-3H3,(H,41,42). The summed E-state index contributed by atoms with van der Waals surface area (Å²) in [4.78, 5) is 43.1. The van der Waals surface area contributed by atoms with E-state index in [0.29, 0.717) is 66.5 Å². The monoisotopic (exact) mass is 615 g/mol. The van der Waals surface area contributed by atoms with Crippen LogP contribution >= 0.6 is 11.3 Å². The first-order chi connectivity index (χ1) is 20.4. The van der Waals surface area contributed by atoms with Crippen molar-refractivity contribution in [3.63, 3.8) is 0 Å². The third-order valence-corrected chi connectivity index (χ3v) is 9.53. The Balaban J connectivity index is 1.37. The number of anilines is 1. The Kier molecular flexibility index (Phi) is 9.17. The highest BCUT2D eigenvalue weighted by molar-refractivity contribution is 7.12. The highest BCUT2D eigenvalue weighted by Gasteiger charge is 2.34. The molecule has 4 heterocycles. The first-order valence-electron chi connectivity index (χ1n) is 14.6. The number of Topliss-reactive ketones (excluding diaryl/α,β-unsaturated/α-hetero) is 1. The number of carboxylic acid groups (broad SMARTS) is 1. The summed E-state index contributed by atoms with van der Waals surface area (Å²) >= 11 is 1.36. The number of hydrogen-bond donors (Lipinski definition) is 1. The van der Waals surface area contributed by atoms with Crippen molar-refractivity contribution >= 4 is 28.9 Å². The van der Waals surface area contributed by atoms with Gasteiger partial charge in [0.1, 0.15) is 16.5 Å². The number of carbonyl (C=O) groups excluding carboxylic acids is 1. The Labute approximate surface area is 253 Å². The van der Waals surface area contributed by atoms with E-state index < -0.39 is 17.7 Å².